The highest BCUT2D eigenvalue weighted by Gasteiger charge is 2.11. The Morgan fingerprint density at radius 3 is 2.35 bits per heavy atom. The number of esters is 1. The Hall–Kier alpha value is -2.62. The number of ether oxygens (including phenoxy) is 1. The number of hydrogen-bond donors (Lipinski definition) is 1. The van der Waals surface area contributed by atoms with Gasteiger partial charge in [-0.1, -0.05) is 36.4 Å². The molecular weight excluding hydrogens is 254 g/mol. The number of rotatable bonds is 3. The SMILES string of the molecule is COC(=O)c1ccc(-c2ccccc2)c(NC(C)=O)c1. The second-order valence-corrected chi connectivity index (χ2v) is 4.30. The summed E-state index contributed by atoms with van der Waals surface area (Å²) in [5.74, 6) is -0.625. The summed E-state index contributed by atoms with van der Waals surface area (Å²) >= 11 is 0. The number of methoxy groups -OCH3 is 1. The van der Waals surface area contributed by atoms with Gasteiger partial charge in [-0.15, -0.1) is 0 Å². The van der Waals surface area contributed by atoms with Crippen molar-refractivity contribution in [2.24, 2.45) is 0 Å². The summed E-state index contributed by atoms with van der Waals surface area (Å²) in [6, 6.07) is 14.7. The summed E-state index contributed by atoms with van der Waals surface area (Å²) in [4.78, 5) is 22.9. The molecule has 0 radical (unpaired) electrons. The fourth-order valence-corrected chi connectivity index (χ4v) is 1.95. The molecule has 4 nitrogen and oxygen atoms in total. The average molecular weight is 269 g/mol. The van der Waals surface area contributed by atoms with Crippen LogP contribution in [-0.4, -0.2) is 19.0 Å². The molecule has 2 rings (SSSR count). The quantitative estimate of drug-likeness (QED) is 0.871. The van der Waals surface area contributed by atoms with Crippen molar-refractivity contribution in [1.29, 1.82) is 0 Å². The molecule has 2 aromatic carbocycles. The molecule has 0 unspecified atom stereocenters. The van der Waals surface area contributed by atoms with Gasteiger partial charge in [-0.2, -0.15) is 0 Å². The molecule has 0 spiro atoms. The molecule has 2 aromatic rings. The zero-order chi connectivity index (χ0) is 14.5. The van der Waals surface area contributed by atoms with Crippen LogP contribution in [0.15, 0.2) is 48.5 Å². The molecule has 0 aromatic heterocycles. The standard InChI is InChI=1S/C16H15NO3/c1-11(18)17-15-10-13(16(19)20-2)8-9-14(15)12-6-4-3-5-7-12/h3-10H,1-2H3,(H,17,18). The van der Waals surface area contributed by atoms with Crippen molar-refractivity contribution in [3.8, 4) is 11.1 Å². The van der Waals surface area contributed by atoms with Gasteiger partial charge in [0.05, 0.1) is 12.7 Å². The third kappa shape index (κ3) is 3.03. The van der Waals surface area contributed by atoms with Crippen LogP contribution in [0.5, 0.6) is 0 Å². The zero-order valence-corrected chi connectivity index (χ0v) is 11.3. The Labute approximate surface area is 117 Å². The highest BCUT2D eigenvalue weighted by molar-refractivity contribution is 5.98. The average Bonchev–Trinajstić information content (AvgIpc) is 2.46. The molecule has 0 fully saturated rings. The predicted molar refractivity (Wildman–Crippen MR) is 77.5 cm³/mol. The number of carbonyl (C=O) groups is 2. The smallest absolute Gasteiger partial charge is 0.337 e. The van der Waals surface area contributed by atoms with Gasteiger partial charge in [0.2, 0.25) is 5.91 Å². The van der Waals surface area contributed by atoms with Gasteiger partial charge in [-0.25, -0.2) is 4.79 Å². The van der Waals surface area contributed by atoms with Crippen LogP contribution < -0.4 is 5.32 Å². The second kappa shape index (κ2) is 6.02. The van der Waals surface area contributed by atoms with Crippen LogP contribution in [-0.2, 0) is 9.53 Å². The Bertz CT molecular complexity index is 635. The van der Waals surface area contributed by atoms with Crippen molar-refractivity contribution in [2.45, 2.75) is 6.92 Å². The number of benzene rings is 2. The first kappa shape index (κ1) is 13.8. The van der Waals surface area contributed by atoms with Crippen molar-refractivity contribution >= 4 is 17.6 Å². The molecular formula is C16H15NO3. The molecule has 0 aliphatic rings. The van der Waals surface area contributed by atoms with Crippen molar-refractivity contribution in [3.05, 3.63) is 54.1 Å². The van der Waals surface area contributed by atoms with Crippen LogP contribution in [0.25, 0.3) is 11.1 Å². The van der Waals surface area contributed by atoms with Gasteiger partial charge in [0.1, 0.15) is 0 Å². The third-order valence-corrected chi connectivity index (χ3v) is 2.84. The monoisotopic (exact) mass is 269 g/mol. The molecule has 0 aliphatic carbocycles. The number of amides is 1. The second-order valence-electron chi connectivity index (χ2n) is 4.30. The topological polar surface area (TPSA) is 55.4 Å². The Morgan fingerprint density at radius 1 is 1.05 bits per heavy atom. The van der Waals surface area contributed by atoms with E-state index < -0.39 is 5.97 Å². The van der Waals surface area contributed by atoms with Gasteiger partial charge in [0.25, 0.3) is 0 Å². The summed E-state index contributed by atoms with van der Waals surface area (Å²) in [5.41, 5.74) is 2.81. The van der Waals surface area contributed by atoms with Gasteiger partial charge in [-0.05, 0) is 17.7 Å². The minimum atomic E-state index is -0.434. The van der Waals surface area contributed by atoms with Crippen LogP contribution in [0.1, 0.15) is 17.3 Å². The van der Waals surface area contributed by atoms with E-state index in [4.69, 9.17) is 4.74 Å². The van der Waals surface area contributed by atoms with Crippen molar-refractivity contribution in [1.82, 2.24) is 0 Å². The summed E-state index contributed by atoms with van der Waals surface area (Å²) in [6.45, 7) is 1.43. The molecule has 20 heavy (non-hydrogen) atoms. The number of hydrogen-bond acceptors (Lipinski definition) is 3. The summed E-state index contributed by atoms with van der Waals surface area (Å²) < 4.78 is 4.69. The van der Waals surface area contributed by atoms with Crippen molar-refractivity contribution in [2.75, 3.05) is 12.4 Å². The maximum absolute atomic E-state index is 11.6. The van der Waals surface area contributed by atoms with E-state index in [1.54, 1.807) is 18.2 Å². The third-order valence-electron chi connectivity index (χ3n) is 2.84. The lowest BCUT2D eigenvalue weighted by Gasteiger charge is -2.11. The maximum atomic E-state index is 11.6. The van der Waals surface area contributed by atoms with Gasteiger partial charge >= 0.3 is 5.97 Å². The largest absolute Gasteiger partial charge is 0.465 e. The molecule has 1 N–H and O–H groups in total. The predicted octanol–water partition coefficient (Wildman–Crippen LogP) is 3.10. The molecule has 4 heteroatoms. The van der Waals surface area contributed by atoms with Crippen LogP contribution in [0.2, 0.25) is 0 Å². The van der Waals surface area contributed by atoms with E-state index in [1.165, 1.54) is 14.0 Å². The highest BCUT2D eigenvalue weighted by Crippen LogP contribution is 2.29. The van der Waals surface area contributed by atoms with Crippen LogP contribution >= 0.6 is 0 Å². The molecule has 0 aliphatic heterocycles. The molecule has 0 saturated carbocycles. The summed E-state index contributed by atoms with van der Waals surface area (Å²) in [7, 11) is 1.32. The number of nitrogens with one attached hydrogen (secondary N) is 1. The normalized spacial score (nSPS) is 9.90. The molecule has 102 valence electrons. The van der Waals surface area contributed by atoms with Crippen molar-refractivity contribution in [3.63, 3.8) is 0 Å². The fraction of sp³-hybridized carbons (Fsp3) is 0.125. The fourth-order valence-electron chi connectivity index (χ4n) is 1.95. The van der Waals surface area contributed by atoms with E-state index in [0.717, 1.165) is 11.1 Å². The first-order valence-corrected chi connectivity index (χ1v) is 6.17. The van der Waals surface area contributed by atoms with E-state index in [0.29, 0.717) is 11.3 Å². The first-order valence-electron chi connectivity index (χ1n) is 6.17. The van der Waals surface area contributed by atoms with Crippen LogP contribution in [0.3, 0.4) is 0 Å². The van der Waals surface area contributed by atoms with Crippen LogP contribution in [0.4, 0.5) is 5.69 Å². The Kier molecular flexibility index (Phi) is 4.15. The Balaban J connectivity index is 2.51. The van der Waals surface area contributed by atoms with Crippen LogP contribution in [0, 0.1) is 0 Å². The van der Waals surface area contributed by atoms with Crippen molar-refractivity contribution < 1.29 is 14.3 Å². The van der Waals surface area contributed by atoms with E-state index in [-0.39, 0.29) is 5.91 Å². The lowest BCUT2D eigenvalue weighted by atomic mass is 10.0. The molecule has 0 saturated heterocycles. The summed E-state index contributed by atoms with van der Waals surface area (Å²) in [6.07, 6.45) is 0. The van der Waals surface area contributed by atoms with Gasteiger partial charge in [0, 0.05) is 18.2 Å². The van der Waals surface area contributed by atoms with E-state index >= 15 is 0 Å². The highest BCUT2D eigenvalue weighted by atomic mass is 16.5. The Morgan fingerprint density at radius 2 is 1.75 bits per heavy atom. The zero-order valence-electron chi connectivity index (χ0n) is 11.3. The minimum Gasteiger partial charge on any atom is -0.465 e. The number of anilines is 1. The van der Waals surface area contributed by atoms with E-state index in [2.05, 4.69) is 5.32 Å². The van der Waals surface area contributed by atoms with Gasteiger partial charge < -0.3 is 10.1 Å². The summed E-state index contributed by atoms with van der Waals surface area (Å²) in [5, 5.41) is 2.74. The number of carbonyl (C=O) groups excluding carboxylic acids is 2. The lowest BCUT2D eigenvalue weighted by molar-refractivity contribution is -0.114. The molecule has 1 amide bonds. The van der Waals surface area contributed by atoms with Gasteiger partial charge in [0.15, 0.2) is 0 Å². The minimum absolute atomic E-state index is 0.191. The van der Waals surface area contributed by atoms with E-state index in [9.17, 15) is 9.59 Å². The lowest BCUT2D eigenvalue weighted by Crippen LogP contribution is -2.09. The molecule has 0 atom stereocenters. The van der Waals surface area contributed by atoms with Gasteiger partial charge in [-0.3, -0.25) is 4.79 Å². The van der Waals surface area contributed by atoms with E-state index in [1.807, 2.05) is 30.3 Å². The molecule has 0 heterocycles. The molecule has 0 bridgehead atoms. The maximum Gasteiger partial charge on any atom is 0.337 e. The first-order chi connectivity index (χ1) is 9.61.